The summed E-state index contributed by atoms with van der Waals surface area (Å²) in [5, 5.41) is 0.997. The number of hydrogen-bond donors (Lipinski definition) is 0. The van der Waals surface area contributed by atoms with Crippen molar-refractivity contribution in [3.8, 4) is 0 Å². The van der Waals surface area contributed by atoms with Crippen molar-refractivity contribution in [3.63, 3.8) is 0 Å². The molecule has 4 heteroatoms. The lowest BCUT2D eigenvalue weighted by molar-refractivity contribution is 0.0472. The summed E-state index contributed by atoms with van der Waals surface area (Å²) in [5.41, 5.74) is 0. The van der Waals surface area contributed by atoms with Gasteiger partial charge in [0.25, 0.3) is 0 Å². The molecule has 1 atom stereocenters. The minimum atomic E-state index is 0.587. The van der Waals surface area contributed by atoms with Crippen LogP contribution in [0.4, 0.5) is 0 Å². The van der Waals surface area contributed by atoms with Crippen LogP contribution < -0.4 is 0 Å². The van der Waals surface area contributed by atoms with Gasteiger partial charge < -0.3 is 14.2 Å². The van der Waals surface area contributed by atoms with E-state index in [4.69, 9.17) is 14.2 Å². The van der Waals surface area contributed by atoms with Crippen molar-refractivity contribution in [1.29, 1.82) is 0 Å². The topological polar surface area (TPSA) is 27.7 Å². The van der Waals surface area contributed by atoms with Gasteiger partial charge in [0.1, 0.15) is 0 Å². The standard InChI is InChI=1S/C10H21BrO3/c1-10(8-11)9-14-5-3-4-13-7-6-12-2/h10H,3-9H2,1-2H3. The highest BCUT2D eigenvalue weighted by Gasteiger charge is 1.98. The molecule has 0 saturated carbocycles. The largest absolute Gasteiger partial charge is 0.382 e. The van der Waals surface area contributed by atoms with Crippen molar-refractivity contribution in [1.82, 2.24) is 0 Å². The van der Waals surface area contributed by atoms with Crippen molar-refractivity contribution in [2.45, 2.75) is 13.3 Å². The first-order chi connectivity index (χ1) is 6.81. The molecule has 3 nitrogen and oxygen atoms in total. The first-order valence-electron chi connectivity index (χ1n) is 5.01. The van der Waals surface area contributed by atoms with Gasteiger partial charge >= 0.3 is 0 Å². The third-order valence-corrected chi connectivity index (χ3v) is 2.78. The SMILES string of the molecule is COCCOCCCOCC(C)CBr. The van der Waals surface area contributed by atoms with Crippen molar-refractivity contribution in [2.24, 2.45) is 5.92 Å². The molecule has 0 heterocycles. The predicted octanol–water partition coefficient (Wildman–Crippen LogP) is 2.09. The van der Waals surface area contributed by atoms with Crippen LogP contribution in [0, 0.1) is 5.92 Å². The molecule has 0 rings (SSSR count). The van der Waals surface area contributed by atoms with Gasteiger partial charge in [0.05, 0.1) is 13.2 Å². The van der Waals surface area contributed by atoms with Crippen LogP contribution in [0.2, 0.25) is 0 Å². The van der Waals surface area contributed by atoms with E-state index in [0.29, 0.717) is 19.1 Å². The zero-order chi connectivity index (χ0) is 10.6. The zero-order valence-corrected chi connectivity index (χ0v) is 10.7. The highest BCUT2D eigenvalue weighted by molar-refractivity contribution is 9.09. The summed E-state index contributed by atoms with van der Waals surface area (Å²) in [6.45, 7) is 5.86. The molecule has 0 aromatic heterocycles. The molecule has 0 spiro atoms. The fourth-order valence-corrected chi connectivity index (χ4v) is 1.02. The molecule has 0 N–H and O–H groups in total. The highest BCUT2D eigenvalue weighted by Crippen LogP contribution is 2.00. The Morgan fingerprint density at radius 3 is 2.43 bits per heavy atom. The number of ether oxygens (including phenoxy) is 3. The molecule has 86 valence electrons. The second-order valence-electron chi connectivity index (χ2n) is 3.29. The maximum Gasteiger partial charge on any atom is 0.0700 e. The first kappa shape index (κ1) is 14.4. The molecule has 0 aromatic carbocycles. The lowest BCUT2D eigenvalue weighted by Gasteiger charge is -2.08. The van der Waals surface area contributed by atoms with E-state index in [1.54, 1.807) is 7.11 Å². The smallest absolute Gasteiger partial charge is 0.0700 e. The normalized spacial score (nSPS) is 13.1. The number of rotatable bonds is 10. The summed E-state index contributed by atoms with van der Waals surface area (Å²) < 4.78 is 15.6. The molecule has 0 bridgehead atoms. The van der Waals surface area contributed by atoms with Crippen LogP contribution in [-0.2, 0) is 14.2 Å². The molecule has 0 aromatic rings. The van der Waals surface area contributed by atoms with E-state index in [9.17, 15) is 0 Å². The van der Waals surface area contributed by atoms with Gasteiger partial charge in [-0.3, -0.25) is 0 Å². The summed E-state index contributed by atoms with van der Waals surface area (Å²) in [5.74, 6) is 0.587. The van der Waals surface area contributed by atoms with Crippen LogP contribution in [0.15, 0.2) is 0 Å². The average Bonchev–Trinajstić information content (AvgIpc) is 2.21. The molecule has 1 unspecified atom stereocenters. The minimum absolute atomic E-state index is 0.587. The fourth-order valence-electron chi connectivity index (χ4n) is 0.836. The molecule has 0 radical (unpaired) electrons. The quantitative estimate of drug-likeness (QED) is 0.449. The molecular formula is C10H21BrO3. The van der Waals surface area contributed by atoms with Crippen LogP contribution >= 0.6 is 15.9 Å². The van der Waals surface area contributed by atoms with Crippen LogP contribution in [-0.4, -0.2) is 45.5 Å². The van der Waals surface area contributed by atoms with Crippen molar-refractivity contribution >= 4 is 15.9 Å². The lowest BCUT2D eigenvalue weighted by Crippen LogP contribution is -2.10. The molecule has 14 heavy (non-hydrogen) atoms. The molecule has 0 saturated heterocycles. The fraction of sp³-hybridized carbons (Fsp3) is 1.00. The molecule has 0 fully saturated rings. The average molecular weight is 269 g/mol. The summed E-state index contributed by atoms with van der Waals surface area (Å²) in [4.78, 5) is 0. The Labute approximate surface area is 95.2 Å². The first-order valence-corrected chi connectivity index (χ1v) is 6.13. The number of alkyl halides is 1. The van der Waals surface area contributed by atoms with E-state index in [0.717, 1.165) is 31.6 Å². The Kier molecular flexibility index (Phi) is 11.7. The van der Waals surface area contributed by atoms with E-state index < -0.39 is 0 Å². The van der Waals surface area contributed by atoms with Gasteiger partial charge in [0.15, 0.2) is 0 Å². The summed E-state index contributed by atoms with van der Waals surface area (Å²) in [7, 11) is 1.67. The van der Waals surface area contributed by atoms with Gasteiger partial charge in [-0.05, 0) is 12.3 Å². The highest BCUT2D eigenvalue weighted by atomic mass is 79.9. The third-order valence-electron chi connectivity index (χ3n) is 1.67. The van der Waals surface area contributed by atoms with E-state index in [-0.39, 0.29) is 0 Å². The maximum absolute atomic E-state index is 5.45. The molecular weight excluding hydrogens is 248 g/mol. The minimum Gasteiger partial charge on any atom is -0.382 e. The summed E-state index contributed by atoms with van der Waals surface area (Å²) in [6.07, 6.45) is 0.957. The summed E-state index contributed by atoms with van der Waals surface area (Å²) >= 11 is 3.41. The maximum atomic E-state index is 5.45. The van der Waals surface area contributed by atoms with Crippen LogP contribution in [0.3, 0.4) is 0 Å². The monoisotopic (exact) mass is 268 g/mol. The Morgan fingerprint density at radius 1 is 1.07 bits per heavy atom. The van der Waals surface area contributed by atoms with Crippen LogP contribution in [0.25, 0.3) is 0 Å². The number of halogens is 1. The van der Waals surface area contributed by atoms with E-state index in [1.807, 2.05) is 0 Å². The number of hydrogen-bond acceptors (Lipinski definition) is 3. The van der Waals surface area contributed by atoms with Gasteiger partial charge in [-0.2, -0.15) is 0 Å². The molecule has 0 aliphatic rings. The van der Waals surface area contributed by atoms with Gasteiger partial charge in [0.2, 0.25) is 0 Å². The molecule has 0 aliphatic carbocycles. The van der Waals surface area contributed by atoms with E-state index >= 15 is 0 Å². The third kappa shape index (κ3) is 10.4. The Balaban J connectivity index is 2.92. The van der Waals surface area contributed by atoms with Crippen molar-refractivity contribution < 1.29 is 14.2 Å². The van der Waals surface area contributed by atoms with Crippen LogP contribution in [0.1, 0.15) is 13.3 Å². The van der Waals surface area contributed by atoms with Gasteiger partial charge in [-0.25, -0.2) is 0 Å². The number of methoxy groups -OCH3 is 1. The second kappa shape index (κ2) is 11.4. The van der Waals surface area contributed by atoms with E-state index in [2.05, 4.69) is 22.9 Å². The van der Waals surface area contributed by atoms with Crippen molar-refractivity contribution in [2.75, 3.05) is 45.5 Å². The van der Waals surface area contributed by atoms with Gasteiger partial charge in [-0.15, -0.1) is 0 Å². The Bertz CT molecular complexity index is 112. The predicted molar refractivity (Wildman–Crippen MR) is 61.1 cm³/mol. The molecule has 0 aliphatic heterocycles. The van der Waals surface area contributed by atoms with Crippen molar-refractivity contribution in [3.05, 3.63) is 0 Å². The molecule has 0 amide bonds. The Hall–Kier alpha value is 0.360. The van der Waals surface area contributed by atoms with Crippen LogP contribution in [0.5, 0.6) is 0 Å². The van der Waals surface area contributed by atoms with Gasteiger partial charge in [-0.1, -0.05) is 22.9 Å². The summed E-state index contributed by atoms with van der Waals surface area (Å²) in [6, 6.07) is 0. The second-order valence-corrected chi connectivity index (χ2v) is 3.94. The van der Waals surface area contributed by atoms with E-state index in [1.165, 1.54) is 0 Å². The Morgan fingerprint density at radius 2 is 1.79 bits per heavy atom. The lowest BCUT2D eigenvalue weighted by atomic mass is 10.2. The zero-order valence-electron chi connectivity index (χ0n) is 9.13. The van der Waals surface area contributed by atoms with Gasteiger partial charge in [0, 0.05) is 32.3 Å².